The van der Waals surface area contributed by atoms with E-state index in [0.717, 1.165) is 38.3 Å². The standard InChI is InChI=1S/C17H24N4O3/c22-16-3-1-7-21(16)8-2-5-19-17(23)14-4-6-18-15(13-14)20-9-11-24-12-10-20/h4,6,13H,1-3,5,7-12H2,(H,19,23). The number of morpholine rings is 1. The molecule has 7 heteroatoms. The van der Waals surface area contributed by atoms with Crippen LogP contribution in [0.4, 0.5) is 5.82 Å². The first kappa shape index (κ1) is 16.7. The molecule has 2 amide bonds. The summed E-state index contributed by atoms with van der Waals surface area (Å²) in [4.78, 5) is 32.2. The maximum Gasteiger partial charge on any atom is 0.251 e. The quantitative estimate of drug-likeness (QED) is 0.775. The van der Waals surface area contributed by atoms with Gasteiger partial charge in [-0.15, -0.1) is 0 Å². The van der Waals surface area contributed by atoms with E-state index in [2.05, 4.69) is 15.2 Å². The SMILES string of the molecule is O=C(NCCCN1CCCC1=O)c1ccnc(N2CCOCC2)c1. The van der Waals surface area contributed by atoms with Gasteiger partial charge in [-0.05, 0) is 25.0 Å². The van der Waals surface area contributed by atoms with Crippen molar-refractivity contribution in [1.29, 1.82) is 0 Å². The second-order valence-electron chi connectivity index (χ2n) is 6.10. The smallest absolute Gasteiger partial charge is 0.251 e. The van der Waals surface area contributed by atoms with Gasteiger partial charge in [-0.25, -0.2) is 4.98 Å². The molecule has 0 radical (unpaired) electrons. The molecule has 1 aromatic heterocycles. The zero-order valence-electron chi connectivity index (χ0n) is 13.9. The summed E-state index contributed by atoms with van der Waals surface area (Å²) in [5.74, 6) is 0.943. The minimum Gasteiger partial charge on any atom is -0.378 e. The molecule has 0 saturated carbocycles. The predicted molar refractivity (Wildman–Crippen MR) is 90.0 cm³/mol. The maximum absolute atomic E-state index is 12.3. The highest BCUT2D eigenvalue weighted by atomic mass is 16.5. The molecule has 2 fully saturated rings. The van der Waals surface area contributed by atoms with Gasteiger partial charge in [-0.1, -0.05) is 0 Å². The number of rotatable bonds is 6. The highest BCUT2D eigenvalue weighted by Gasteiger charge is 2.19. The van der Waals surface area contributed by atoms with Crippen molar-refractivity contribution in [3.63, 3.8) is 0 Å². The molecule has 0 aromatic carbocycles. The molecule has 7 nitrogen and oxygen atoms in total. The van der Waals surface area contributed by atoms with E-state index in [1.54, 1.807) is 12.3 Å². The Balaban J connectivity index is 1.46. The van der Waals surface area contributed by atoms with Gasteiger partial charge in [-0.2, -0.15) is 0 Å². The van der Waals surface area contributed by atoms with Crippen LogP contribution >= 0.6 is 0 Å². The molecule has 2 aliphatic heterocycles. The fourth-order valence-electron chi connectivity index (χ4n) is 3.04. The van der Waals surface area contributed by atoms with Crippen molar-refractivity contribution in [2.45, 2.75) is 19.3 Å². The fourth-order valence-corrected chi connectivity index (χ4v) is 3.04. The molecular weight excluding hydrogens is 308 g/mol. The van der Waals surface area contributed by atoms with Gasteiger partial charge in [0.1, 0.15) is 5.82 Å². The molecule has 1 aromatic rings. The number of aromatic nitrogens is 1. The van der Waals surface area contributed by atoms with Gasteiger partial charge in [0.25, 0.3) is 5.91 Å². The van der Waals surface area contributed by atoms with Gasteiger partial charge in [0.15, 0.2) is 0 Å². The number of carbonyl (C=O) groups excluding carboxylic acids is 2. The van der Waals surface area contributed by atoms with Gasteiger partial charge in [0.05, 0.1) is 13.2 Å². The number of carbonyl (C=O) groups is 2. The van der Waals surface area contributed by atoms with Crippen LogP contribution in [0.2, 0.25) is 0 Å². The Morgan fingerprint density at radius 1 is 1.29 bits per heavy atom. The summed E-state index contributed by atoms with van der Waals surface area (Å²) in [6.07, 6.45) is 4.06. The third kappa shape index (κ3) is 4.23. The van der Waals surface area contributed by atoms with Crippen LogP contribution < -0.4 is 10.2 Å². The third-order valence-electron chi connectivity index (χ3n) is 4.40. The van der Waals surface area contributed by atoms with Crippen molar-refractivity contribution in [2.24, 2.45) is 0 Å². The molecule has 0 aliphatic carbocycles. The number of hydrogen-bond donors (Lipinski definition) is 1. The first-order chi connectivity index (χ1) is 11.7. The summed E-state index contributed by atoms with van der Waals surface area (Å²) in [5.41, 5.74) is 0.615. The predicted octanol–water partition coefficient (Wildman–Crippen LogP) is 0.660. The van der Waals surface area contributed by atoms with E-state index in [1.165, 1.54) is 0 Å². The molecule has 24 heavy (non-hydrogen) atoms. The Hall–Kier alpha value is -2.15. The zero-order valence-corrected chi connectivity index (χ0v) is 13.9. The molecule has 0 atom stereocenters. The van der Waals surface area contributed by atoms with Gasteiger partial charge < -0.3 is 19.9 Å². The largest absolute Gasteiger partial charge is 0.378 e. The molecule has 0 spiro atoms. The number of likely N-dealkylation sites (tertiary alicyclic amines) is 1. The van der Waals surface area contributed by atoms with Crippen molar-refractivity contribution in [3.8, 4) is 0 Å². The van der Waals surface area contributed by atoms with Gasteiger partial charge >= 0.3 is 0 Å². The number of ether oxygens (including phenoxy) is 1. The van der Waals surface area contributed by atoms with E-state index in [-0.39, 0.29) is 11.8 Å². The van der Waals surface area contributed by atoms with E-state index in [0.29, 0.717) is 38.3 Å². The normalized spacial score (nSPS) is 18.1. The van der Waals surface area contributed by atoms with Crippen molar-refractivity contribution < 1.29 is 14.3 Å². The second-order valence-corrected chi connectivity index (χ2v) is 6.10. The molecule has 130 valence electrons. The summed E-state index contributed by atoms with van der Waals surface area (Å²) in [6.45, 7) is 5.09. The van der Waals surface area contributed by atoms with Crippen molar-refractivity contribution in [2.75, 3.05) is 50.8 Å². The van der Waals surface area contributed by atoms with Crippen molar-refractivity contribution in [1.82, 2.24) is 15.2 Å². The Labute approximate surface area is 142 Å². The molecule has 2 aliphatic rings. The zero-order chi connectivity index (χ0) is 16.8. The molecular formula is C17H24N4O3. The van der Waals surface area contributed by atoms with Crippen molar-refractivity contribution in [3.05, 3.63) is 23.9 Å². The lowest BCUT2D eigenvalue weighted by molar-refractivity contribution is -0.127. The highest BCUT2D eigenvalue weighted by molar-refractivity contribution is 5.94. The van der Waals surface area contributed by atoms with Crippen molar-refractivity contribution >= 4 is 17.6 Å². The summed E-state index contributed by atoms with van der Waals surface area (Å²) < 4.78 is 5.34. The van der Waals surface area contributed by atoms with Crippen LogP contribution in [0.5, 0.6) is 0 Å². The fraction of sp³-hybridized carbons (Fsp3) is 0.588. The average molecular weight is 332 g/mol. The van der Waals surface area contributed by atoms with Crippen LogP contribution in [0.1, 0.15) is 29.6 Å². The lowest BCUT2D eigenvalue weighted by atomic mass is 10.2. The number of pyridine rings is 1. The van der Waals surface area contributed by atoms with Crippen LogP contribution in [0.25, 0.3) is 0 Å². The highest BCUT2D eigenvalue weighted by Crippen LogP contribution is 2.14. The number of hydrogen-bond acceptors (Lipinski definition) is 5. The lowest BCUT2D eigenvalue weighted by Gasteiger charge is -2.27. The minimum atomic E-state index is -0.0975. The Kier molecular flexibility index (Phi) is 5.63. The topological polar surface area (TPSA) is 74.8 Å². The number of amides is 2. The lowest BCUT2D eigenvalue weighted by Crippen LogP contribution is -2.37. The molecule has 3 rings (SSSR count). The third-order valence-corrected chi connectivity index (χ3v) is 4.40. The Morgan fingerprint density at radius 2 is 2.12 bits per heavy atom. The summed E-state index contributed by atoms with van der Waals surface area (Å²) >= 11 is 0. The van der Waals surface area contributed by atoms with Gasteiger partial charge in [0.2, 0.25) is 5.91 Å². The van der Waals surface area contributed by atoms with E-state index >= 15 is 0 Å². The molecule has 3 heterocycles. The van der Waals surface area contributed by atoms with E-state index < -0.39 is 0 Å². The first-order valence-corrected chi connectivity index (χ1v) is 8.59. The van der Waals surface area contributed by atoms with E-state index in [9.17, 15) is 9.59 Å². The monoisotopic (exact) mass is 332 g/mol. The summed E-state index contributed by atoms with van der Waals surface area (Å²) in [6, 6.07) is 3.55. The van der Waals surface area contributed by atoms with Crippen LogP contribution in [-0.2, 0) is 9.53 Å². The van der Waals surface area contributed by atoms with Crippen LogP contribution in [0.3, 0.4) is 0 Å². The van der Waals surface area contributed by atoms with Crippen LogP contribution in [0.15, 0.2) is 18.3 Å². The van der Waals surface area contributed by atoms with Crippen LogP contribution in [-0.4, -0.2) is 67.6 Å². The molecule has 2 saturated heterocycles. The number of nitrogens with zero attached hydrogens (tertiary/aromatic N) is 3. The van der Waals surface area contributed by atoms with Gasteiger partial charge in [-0.3, -0.25) is 9.59 Å². The summed E-state index contributed by atoms with van der Waals surface area (Å²) in [5, 5.41) is 2.92. The maximum atomic E-state index is 12.3. The van der Waals surface area contributed by atoms with Gasteiger partial charge in [0, 0.05) is 50.9 Å². The van der Waals surface area contributed by atoms with Crippen LogP contribution in [0, 0.1) is 0 Å². The first-order valence-electron chi connectivity index (χ1n) is 8.59. The number of anilines is 1. The Morgan fingerprint density at radius 3 is 2.88 bits per heavy atom. The summed E-state index contributed by atoms with van der Waals surface area (Å²) in [7, 11) is 0. The molecule has 1 N–H and O–H groups in total. The van der Waals surface area contributed by atoms with E-state index in [4.69, 9.17) is 4.74 Å². The van der Waals surface area contributed by atoms with E-state index in [1.807, 2.05) is 11.0 Å². The minimum absolute atomic E-state index is 0.0975. The average Bonchev–Trinajstić information content (AvgIpc) is 3.04. The molecule has 0 unspecified atom stereocenters. The Bertz CT molecular complexity index is 587. The number of nitrogens with one attached hydrogen (secondary N) is 1. The second kappa shape index (κ2) is 8.10. The molecule has 0 bridgehead atoms.